The SMILES string of the molecule is COC(=O)[C@H](N)CO[Si](C)(C)C(C)(C)C. The van der Waals surface area contributed by atoms with Crippen molar-refractivity contribution in [2.24, 2.45) is 5.73 Å². The molecule has 0 fully saturated rings. The van der Waals surface area contributed by atoms with Gasteiger partial charge in [0.05, 0.1) is 13.7 Å². The van der Waals surface area contributed by atoms with E-state index in [9.17, 15) is 4.79 Å². The zero-order valence-corrected chi connectivity index (χ0v) is 11.6. The molecule has 0 saturated carbocycles. The third kappa shape index (κ3) is 4.32. The molecular weight excluding hydrogens is 210 g/mol. The van der Waals surface area contributed by atoms with E-state index in [1.54, 1.807) is 0 Å². The number of carbonyl (C=O) groups is 1. The Morgan fingerprint density at radius 1 is 1.40 bits per heavy atom. The Balaban J connectivity index is 4.22. The van der Waals surface area contributed by atoms with Gasteiger partial charge in [-0.25, -0.2) is 0 Å². The second-order valence-corrected chi connectivity index (χ2v) is 10.0. The van der Waals surface area contributed by atoms with Crippen LogP contribution in [0.2, 0.25) is 18.1 Å². The number of hydrogen-bond acceptors (Lipinski definition) is 4. The van der Waals surface area contributed by atoms with Crippen LogP contribution in [0.3, 0.4) is 0 Å². The van der Waals surface area contributed by atoms with E-state index < -0.39 is 20.3 Å². The Labute approximate surface area is 93.3 Å². The van der Waals surface area contributed by atoms with E-state index in [1.807, 2.05) is 0 Å². The molecule has 0 aliphatic heterocycles. The normalized spacial score (nSPS) is 14.9. The molecule has 0 aliphatic rings. The molecule has 0 saturated heterocycles. The first-order valence-corrected chi connectivity index (χ1v) is 8.00. The predicted octanol–water partition coefficient (Wildman–Crippen LogP) is 1.51. The molecule has 0 aromatic rings. The maximum absolute atomic E-state index is 11.1. The van der Waals surface area contributed by atoms with Crippen molar-refractivity contribution in [1.82, 2.24) is 0 Å². The monoisotopic (exact) mass is 233 g/mol. The van der Waals surface area contributed by atoms with Crippen LogP contribution in [-0.2, 0) is 14.0 Å². The summed E-state index contributed by atoms with van der Waals surface area (Å²) in [6, 6.07) is -0.677. The Morgan fingerprint density at radius 3 is 2.20 bits per heavy atom. The Kier molecular flexibility index (Phi) is 4.96. The summed E-state index contributed by atoms with van der Waals surface area (Å²) >= 11 is 0. The third-order valence-corrected chi connectivity index (χ3v) is 7.43. The van der Waals surface area contributed by atoms with E-state index in [2.05, 4.69) is 38.6 Å². The molecule has 5 heteroatoms. The largest absolute Gasteiger partial charge is 0.468 e. The maximum atomic E-state index is 11.1. The number of rotatable bonds is 4. The molecule has 0 radical (unpaired) electrons. The fourth-order valence-corrected chi connectivity index (χ4v) is 1.76. The van der Waals surface area contributed by atoms with E-state index in [-0.39, 0.29) is 11.6 Å². The zero-order valence-electron chi connectivity index (χ0n) is 10.6. The van der Waals surface area contributed by atoms with E-state index in [1.165, 1.54) is 7.11 Å². The van der Waals surface area contributed by atoms with Gasteiger partial charge < -0.3 is 14.9 Å². The van der Waals surface area contributed by atoms with Crippen LogP contribution < -0.4 is 5.73 Å². The minimum atomic E-state index is -1.81. The van der Waals surface area contributed by atoms with Crippen LogP contribution in [0.5, 0.6) is 0 Å². The highest BCUT2D eigenvalue weighted by Crippen LogP contribution is 2.36. The summed E-state index contributed by atoms with van der Waals surface area (Å²) in [4.78, 5) is 11.1. The van der Waals surface area contributed by atoms with Gasteiger partial charge in [0.1, 0.15) is 6.04 Å². The maximum Gasteiger partial charge on any atom is 0.324 e. The van der Waals surface area contributed by atoms with Gasteiger partial charge in [0, 0.05) is 0 Å². The van der Waals surface area contributed by atoms with Crippen molar-refractivity contribution in [3.8, 4) is 0 Å². The van der Waals surface area contributed by atoms with Crippen LogP contribution >= 0.6 is 0 Å². The number of hydrogen-bond donors (Lipinski definition) is 1. The lowest BCUT2D eigenvalue weighted by Gasteiger charge is -2.36. The number of methoxy groups -OCH3 is 1. The van der Waals surface area contributed by atoms with E-state index in [0.29, 0.717) is 0 Å². The average molecular weight is 233 g/mol. The number of esters is 1. The van der Waals surface area contributed by atoms with Gasteiger partial charge in [0.2, 0.25) is 0 Å². The lowest BCUT2D eigenvalue weighted by Crippen LogP contribution is -2.46. The summed E-state index contributed by atoms with van der Waals surface area (Å²) in [7, 11) is -0.486. The molecule has 1 atom stereocenters. The standard InChI is InChI=1S/C10H23NO3Si/c1-10(2,3)15(5,6)14-7-8(11)9(12)13-4/h8H,7,11H2,1-6H3/t8-/m1/s1. The van der Waals surface area contributed by atoms with Crippen molar-refractivity contribution in [3.05, 3.63) is 0 Å². The van der Waals surface area contributed by atoms with Gasteiger partial charge in [-0.3, -0.25) is 4.79 Å². The highest BCUT2D eigenvalue weighted by atomic mass is 28.4. The minimum Gasteiger partial charge on any atom is -0.468 e. The first kappa shape index (κ1) is 14.6. The molecule has 90 valence electrons. The molecule has 0 heterocycles. The average Bonchev–Trinajstić information content (AvgIpc) is 2.11. The van der Waals surface area contributed by atoms with Crippen molar-refractivity contribution in [3.63, 3.8) is 0 Å². The lowest BCUT2D eigenvalue weighted by atomic mass is 10.2. The highest BCUT2D eigenvalue weighted by Gasteiger charge is 2.37. The molecule has 2 N–H and O–H groups in total. The third-order valence-electron chi connectivity index (χ3n) is 2.93. The molecule has 0 aromatic heterocycles. The molecule has 15 heavy (non-hydrogen) atoms. The van der Waals surface area contributed by atoms with Gasteiger partial charge in [0.25, 0.3) is 0 Å². The topological polar surface area (TPSA) is 61.5 Å². The fourth-order valence-electron chi connectivity index (χ4n) is 0.734. The Morgan fingerprint density at radius 2 is 1.87 bits per heavy atom. The summed E-state index contributed by atoms with van der Waals surface area (Å²) < 4.78 is 10.3. The summed E-state index contributed by atoms with van der Waals surface area (Å²) in [5.41, 5.74) is 5.60. The first-order valence-electron chi connectivity index (χ1n) is 5.09. The van der Waals surface area contributed by atoms with Crippen molar-refractivity contribution in [2.75, 3.05) is 13.7 Å². The summed E-state index contributed by atoms with van der Waals surface area (Å²) in [5, 5.41) is 0.128. The molecule has 0 aromatic carbocycles. The summed E-state index contributed by atoms with van der Waals surface area (Å²) in [6.45, 7) is 10.9. The van der Waals surface area contributed by atoms with Gasteiger partial charge in [0.15, 0.2) is 8.32 Å². The second-order valence-electron chi connectivity index (χ2n) is 5.20. The van der Waals surface area contributed by atoms with Crippen LogP contribution in [0, 0.1) is 0 Å². The molecular formula is C10H23NO3Si. The van der Waals surface area contributed by atoms with E-state index in [4.69, 9.17) is 10.2 Å². The quantitative estimate of drug-likeness (QED) is 0.590. The summed E-state index contributed by atoms with van der Waals surface area (Å²) in [6.07, 6.45) is 0. The molecule has 0 spiro atoms. The van der Waals surface area contributed by atoms with Crippen LogP contribution in [0.1, 0.15) is 20.8 Å². The molecule has 4 nitrogen and oxygen atoms in total. The number of carbonyl (C=O) groups excluding carboxylic acids is 1. The molecule has 0 aliphatic carbocycles. The van der Waals surface area contributed by atoms with E-state index >= 15 is 0 Å². The summed E-state index contributed by atoms with van der Waals surface area (Å²) in [5.74, 6) is -0.422. The minimum absolute atomic E-state index is 0.128. The Hall–Kier alpha value is -0.393. The molecule has 0 amide bonds. The second kappa shape index (κ2) is 5.09. The fraction of sp³-hybridized carbons (Fsp3) is 0.900. The van der Waals surface area contributed by atoms with Gasteiger partial charge in [-0.1, -0.05) is 20.8 Å². The molecule has 0 rings (SSSR count). The molecule has 0 unspecified atom stereocenters. The Bertz CT molecular complexity index is 223. The van der Waals surface area contributed by atoms with Crippen molar-refractivity contribution < 1.29 is 14.0 Å². The number of ether oxygens (including phenoxy) is 1. The van der Waals surface area contributed by atoms with Crippen LogP contribution in [0.4, 0.5) is 0 Å². The van der Waals surface area contributed by atoms with E-state index in [0.717, 1.165) is 0 Å². The first-order chi connectivity index (χ1) is 6.62. The van der Waals surface area contributed by atoms with Crippen LogP contribution in [-0.4, -0.2) is 34.0 Å². The zero-order chi connectivity index (χ0) is 12.3. The predicted molar refractivity (Wildman–Crippen MR) is 63.1 cm³/mol. The molecule has 0 bridgehead atoms. The van der Waals surface area contributed by atoms with Gasteiger partial charge in [-0.05, 0) is 18.1 Å². The van der Waals surface area contributed by atoms with Gasteiger partial charge in [-0.15, -0.1) is 0 Å². The van der Waals surface area contributed by atoms with Crippen molar-refractivity contribution in [2.45, 2.75) is 44.9 Å². The van der Waals surface area contributed by atoms with Crippen molar-refractivity contribution in [1.29, 1.82) is 0 Å². The number of nitrogens with two attached hydrogens (primary N) is 1. The smallest absolute Gasteiger partial charge is 0.324 e. The van der Waals surface area contributed by atoms with Crippen LogP contribution in [0.25, 0.3) is 0 Å². The van der Waals surface area contributed by atoms with Gasteiger partial charge in [-0.2, -0.15) is 0 Å². The lowest BCUT2D eigenvalue weighted by molar-refractivity contribution is -0.142. The highest BCUT2D eigenvalue weighted by molar-refractivity contribution is 6.74. The van der Waals surface area contributed by atoms with Gasteiger partial charge >= 0.3 is 5.97 Å². The van der Waals surface area contributed by atoms with Crippen LogP contribution in [0.15, 0.2) is 0 Å². The van der Waals surface area contributed by atoms with Crippen molar-refractivity contribution >= 4 is 14.3 Å².